The summed E-state index contributed by atoms with van der Waals surface area (Å²) in [6.45, 7) is 9.14. The molecule has 1 aromatic heterocycles. The highest BCUT2D eigenvalue weighted by atomic mass is 32.2. The average molecular weight is 628 g/mol. The van der Waals surface area contributed by atoms with Gasteiger partial charge >= 0.3 is 0 Å². The summed E-state index contributed by atoms with van der Waals surface area (Å²) in [4.78, 5) is 13.7. The third kappa shape index (κ3) is 10.0. The molecule has 0 bridgehead atoms. The van der Waals surface area contributed by atoms with Gasteiger partial charge in [-0.15, -0.1) is 0 Å². The summed E-state index contributed by atoms with van der Waals surface area (Å²) in [6, 6.07) is 23.5. The summed E-state index contributed by atoms with van der Waals surface area (Å²) < 4.78 is 32.2. The van der Waals surface area contributed by atoms with Crippen LogP contribution in [0.3, 0.4) is 0 Å². The van der Waals surface area contributed by atoms with E-state index in [1.807, 2.05) is 66.7 Å². The highest BCUT2D eigenvalue weighted by Crippen LogP contribution is 2.29. The lowest BCUT2D eigenvalue weighted by Gasteiger charge is -2.10. The van der Waals surface area contributed by atoms with Gasteiger partial charge in [0.15, 0.2) is 5.78 Å². The van der Waals surface area contributed by atoms with E-state index in [1.54, 1.807) is 19.3 Å². The lowest BCUT2D eigenvalue weighted by molar-refractivity contribution is -0.113. The van der Waals surface area contributed by atoms with Crippen LogP contribution >= 0.6 is 0 Å². The Morgan fingerprint density at radius 3 is 2.36 bits per heavy atom. The molecule has 7 heteroatoms. The predicted octanol–water partition coefficient (Wildman–Crippen LogP) is 8.21. The standard InChI is InChI=1S/C38H45NO5S/c1-5-7-23-43-24-25-44-35-15-11-31(12-16-35)32-13-19-38(42-4)33(27-32)10-14-34(40)26-30-8-17-36(18-9-30)45(41)28-37-29(3)20-22-39(37)21-6-2/h8-20,22,27H,5-7,21,23-26,28H2,1-4H3/b14-10+/t45-/m1/s1. The summed E-state index contributed by atoms with van der Waals surface area (Å²) in [7, 11) is 0.466. The molecule has 0 N–H and O–H groups in total. The molecule has 1 heterocycles. The smallest absolute Gasteiger partial charge is 0.160 e. The van der Waals surface area contributed by atoms with Gasteiger partial charge in [0.25, 0.3) is 0 Å². The Bertz CT molecular complexity index is 1570. The van der Waals surface area contributed by atoms with Crippen LogP contribution in [0.5, 0.6) is 11.5 Å². The Labute approximate surface area is 270 Å². The molecule has 0 aliphatic rings. The van der Waals surface area contributed by atoms with Crippen molar-refractivity contribution in [2.45, 2.75) is 63.6 Å². The summed E-state index contributed by atoms with van der Waals surface area (Å²) in [5, 5.41) is 0. The first-order chi connectivity index (χ1) is 21.9. The number of hydrogen-bond donors (Lipinski definition) is 0. The molecule has 0 unspecified atom stereocenters. The molecular formula is C38H45NO5S. The molecule has 238 valence electrons. The van der Waals surface area contributed by atoms with Gasteiger partial charge in [-0.1, -0.05) is 50.6 Å². The van der Waals surface area contributed by atoms with Gasteiger partial charge in [0.1, 0.15) is 18.1 Å². The second-order valence-electron chi connectivity index (χ2n) is 11.0. The maximum absolute atomic E-state index is 13.1. The molecule has 3 aromatic carbocycles. The summed E-state index contributed by atoms with van der Waals surface area (Å²) >= 11 is 0. The van der Waals surface area contributed by atoms with Crippen molar-refractivity contribution in [2.75, 3.05) is 26.9 Å². The number of carbonyl (C=O) groups is 1. The van der Waals surface area contributed by atoms with Gasteiger partial charge in [0, 0.05) is 41.9 Å². The Kier molecular flexibility index (Phi) is 13.2. The SMILES string of the molecule is CCCCOCCOc1ccc(-c2ccc(OC)c(/C=C/C(=O)Cc3ccc([S@](=O)Cc4c(C)ccn4CCC)cc3)c2)cc1. The maximum atomic E-state index is 13.1. The molecule has 0 aliphatic heterocycles. The number of aromatic nitrogens is 1. The van der Waals surface area contributed by atoms with Crippen molar-refractivity contribution < 1.29 is 23.2 Å². The quantitative estimate of drug-likeness (QED) is 0.0822. The number of ketones is 1. The monoisotopic (exact) mass is 627 g/mol. The highest BCUT2D eigenvalue weighted by Gasteiger charge is 2.12. The van der Waals surface area contributed by atoms with E-state index in [-0.39, 0.29) is 12.2 Å². The molecule has 1 atom stereocenters. The minimum atomic E-state index is -1.16. The number of rotatable bonds is 18. The first-order valence-corrected chi connectivity index (χ1v) is 17.1. The summed E-state index contributed by atoms with van der Waals surface area (Å²) in [6.07, 6.45) is 8.94. The van der Waals surface area contributed by atoms with E-state index >= 15 is 0 Å². The van der Waals surface area contributed by atoms with E-state index in [4.69, 9.17) is 14.2 Å². The lowest BCUT2D eigenvalue weighted by Crippen LogP contribution is -2.07. The Balaban J connectivity index is 1.34. The van der Waals surface area contributed by atoms with Crippen molar-refractivity contribution in [3.8, 4) is 22.6 Å². The maximum Gasteiger partial charge on any atom is 0.160 e. The average Bonchev–Trinajstić information content (AvgIpc) is 3.40. The van der Waals surface area contributed by atoms with Crippen LogP contribution in [-0.4, -0.2) is 41.5 Å². The number of methoxy groups -OCH3 is 1. The molecule has 0 amide bonds. The molecule has 6 nitrogen and oxygen atoms in total. The van der Waals surface area contributed by atoms with Crippen LogP contribution in [0, 0.1) is 6.92 Å². The minimum absolute atomic E-state index is 0.0236. The van der Waals surface area contributed by atoms with E-state index in [2.05, 4.69) is 37.6 Å². The fraction of sp³-hybridized carbons (Fsp3) is 0.342. The third-order valence-electron chi connectivity index (χ3n) is 7.61. The molecular weight excluding hydrogens is 582 g/mol. The lowest BCUT2D eigenvalue weighted by atomic mass is 10.0. The second kappa shape index (κ2) is 17.5. The first kappa shape index (κ1) is 33.9. The molecule has 45 heavy (non-hydrogen) atoms. The number of ether oxygens (including phenoxy) is 3. The number of aryl methyl sites for hydroxylation is 2. The first-order valence-electron chi connectivity index (χ1n) is 15.7. The van der Waals surface area contributed by atoms with E-state index in [0.717, 1.165) is 76.6 Å². The topological polar surface area (TPSA) is 66.8 Å². The van der Waals surface area contributed by atoms with Gasteiger partial charge in [-0.2, -0.15) is 0 Å². The third-order valence-corrected chi connectivity index (χ3v) is 8.94. The molecule has 0 fully saturated rings. The minimum Gasteiger partial charge on any atom is -0.496 e. The number of benzene rings is 3. The Morgan fingerprint density at radius 2 is 1.64 bits per heavy atom. The van der Waals surface area contributed by atoms with Crippen LogP contribution in [0.15, 0.2) is 90.0 Å². The zero-order valence-corrected chi connectivity index (χ0v) is 27.7. The summed E-state index contributed by atoms with van der Waals surface area (Å²) in [5.74, 6) is 1.95. The van der Waals surface area contributed by atoms with Crippen LogP contribution in [0.25, 0.3) is 17.2 Å². The van der Waals surface area contributed by atoms with Crippen LogP contribution in [0.2, 0.25) is 0 Å². The van der Waals surface area contributed by atoms with Crippen molar-refractivity contribution in [2.24, 2.45) is 0 Å². The molecule has 4 aromatic rings. The van der Waals surface area contributed by atoms with Crippen LogP contribution in [0.1, 0.15) is 55.5 Å². The number of carbonyl (C=O) groups excluding carboxylic acids is 1. The zero-order valence-electron chi connectivity index (χ0n) is 26.9. The van der Waals surface area contributed by atoms with Gasteiger partial charge in [0.2, 0.25) is 0 Å². The van der Waals surface area contributed by atoms with Crippen molar-refractivity contribution in [3.63, 3.8) is 0 Å². The number of hydrogen-bond acceptors (Lipinski definition) is 5. The molecule has 0 saturated heterocycles. The molecule has 0 saturated carbocycles. The van der Waals surface area contributed by atoms with Gasteiger partial charge < -0.3 is 18.8 Å². The van der Waals surface area contributed by atoms with Gasteiger partial charge in [-0.25, -0.2) is 0 Å². The second-order valence-corrected chi connectivity index (χ2v) is 12.5. The van der Waals surface area contributed by atoms with E-state index in [1.165, 1.54) is 0 Å². The van der Waals surface area contributed by atoms with Gasteiger partial charge in [-0.3, -0.25) is 9.00 Å². The van der Waals surface area contributed by atoms with Crippen LogP contribution < -0.4 is 9.47 Å². The largest absolute Gasteiger partial charge is 0.496 e. The molecule has 0 aliphatic carbocycles. The normalized spacial score (nSPS) is 12.0. The van der Waals surface area contributed by atoms with Crippen LogP contribution in [0.4, 0.5) is 0 Å². The number of nitrogens with zero attached hydrogens (tertiary/aromatic N) is 1. The molecule has 4 rings (SSSR count). The van der Waals surface area contributed by atoms with Crippen molar-refractivity contribution in [1.29, 1.82) is 0 Å². The summed E-state index contributed by atoms with van der Waals surface area (Å²) in [5.41, 5.74) is 6.03. The number of allylic oxidation sites excluding steroid dienone is 1. The van der Waals surface area contributed by atoms with E-state index in [0.29, 0.717) is 24.7 Å². The van der Waals surface area contributed by atoms with Crippen molar-refractivity contribution in [3.05, 3.63) is 107 Å². The molecule has 0 spiro atoms. The van der Waals surface area contributed by atoms with Crippen molar-refractivity contribution in [1.82, 2.24) is 4.57 Å². The Morgan fingerprint density at radius 1 is 0.889 bits per heavy atom. The Hall–Kier alpha value is -3.94. The molecule has 0 radical (unpaired) electrons. The fourth-order valence-electron chi connectivity index (χ4n) is 5.03. The van der Waals surface area contributed by atoms with E-state index in [9.17, 15) is 9.00 Å². The van der Waals surface area contributed by atoms with E-state index < -0.39 is 10.8 Å². The fourth-order valence-corrected chi connectivity index (χ4v) is 6.27. The number of unbranched alkanes of at least 4 members (excludes halogenated alkanes) is 1. The van der Waals surface area contributed by atoms with Crippen molar-refractivity contribution >= 4 is 22.7 Å². The highest BCUT2D eigenvalue weighted by molar-refractivity contribution is 7.84. The van der Waals surface area contributed by atoms with Gasteiger partial charge in [-0.05, 0) is 96.6 Å². The zero-order chi connectivity index (χ0) is 32.0. The predicted molar refractivity (Wildman–Crippen MR) is 183 cm³/mol. The van der Waals surface area contributed by atoms with Gasteiger partial charge in [0.05, 0.1) is 30.3 Å². The van der Waals surface area contributed by atoms with Crippen LogP contribution in [-0.2, 0) is 39.0 Å².